The van der Waals surface area contributed by atoms with Crippen LogP contribution in [-0.4, -0.2) is 69.0 Å². The van der Waals surface area contributed by atoms with Crippen LogP contribution >= 0.6 is 11.9 Å². The number of piperidine rings is 1. The number of nitrogens with zero attached hydrogens (tertiary/aromatic N) is 4. The topological polar surface area (TPSA) is 69.9 Å². The summed E-state index contributed by atoms with van der Waals surface area (Å²) >= 11 is 1.49. The summed E-state index contributed by atoms with van der Waals surface area (Å²) in [6.07, 6.45) is 9.96. The van der Waals surface area contributed by atoms with Crippen LogP contribution in [0.3, 0.4) is 0 Å². The van der Waals surface area contributed by atoms with E-state index in [4.69, 9.17) is 0 Å². The van der Waals surface area contributed by atoms with Crippen LogP contribution in [0.4, 0.5) is 0 Å². The van der Waals surface area contributed by atoms with Gasteiger partial charge < -0.3 is 14.2 Å². The molecule has 2 aliphatic rings. The van der Waals surface area contributed by atoms with Crippen molar-refractivity contribution in [3.63, 3.8) is 0 Å². The highest BCUT2D eigenvalue weighted by Crippen LogP contribution is 2.24. The Morgan fingerprint density at radius 3 is 3.08 bits per heavy atom. The number of nitrogens with one attached hydrogen (secondary N) is 1. The summed E-state index contributed by atoms with van der Waals surface area (Å²) in [5.74, 6) is 0.183. The Morgan fingerprint density at radius 2 is 2.23 bits per heavy atom. The van der Waals surface area contributed by atoms with Crippen molar-refractivity contribution in [1.82, 2.24) is 23.9 Å². The zero-order chi connectivity index (χ0) is 18.1. The van der Waals surface area contributed by atoms with Crippen molar-refractivity contribution in [2.24, 2.45) is 0 Å². The predicted molar refractivity (Wildman–Crippen MR) is 101 cm³/mol. The number of imidazole rings is 1. The third-order valence-electron chi connectivity index (χ3n) is 5.31. The maximum absolute atomic E-state index is 13.1. The molecule has 2 aromatic rings. The molecule has 1 unspecified atom stereocenters. The fraction of sp³-hybridized carbons (Fsp3) is 0.500. The molecule has 7 nitrogen and oxygen atoms in total. The van der Waals surface area contributed by atoms with E-state index in [1.807, 2.05) is 38.8 Å². The highest BCUT2D eigenvalue weighted by atomic mass is 32.2. The Hall–Kier alpha value is -2.06. The average Bonchev–Trinajstić information content (AvgIpc) is 3.28. The second-order valence-electron chi connectivity index (χ2n) is 6.85. The van der Waals surface area contributed by atoms with Gasteiger partial charge in [0.25, 0.3) is 5.91 Å². The van der Waals surface area contributed by atoms with Crippen LogP contribution < -0.4 is 4.72 Å². The molecule has 2 saturated heterocycles. The number of aromatic nitrogens is 2. The molecule has 0 aromatic carbocycles. The molecule has 8 heteroatoms. The molecule has 0 saturated carbocycles. The third-order valence-corrected chi connectivity index (χ3v) is 5.83. The zero-order valence-electron chi connectivity index (χ0n) is 14.8. The number of fused-ring (bicyclic) bond motifs is 1. The molecule has 0 radical (unpaired) electrons. The van der Waals surface area contributed by atoms with Gasteiger partial charge in [-0.2, -0.15) is 0 Å². The van der Waals surface area contributed by atoms with Crippen molar-refractivity contribution >= 4 is 29.3 Å². The van der Waals surface area contributed by atoms with Gasteiger partial charge in [0.2, 0.25) is 5.91 Å². The summed E-state index contributed by atoms with van der Waals surface area (Å²) in [5, 5.41) is 0. The minimum absolute atomic E-state index is 0.0197. The van der Waals surface area contributed by atoms with Crippen LogP contribution in [0.1, 0.15) is 29.6 Å². The van der Waals surface area contributed by atoms with Crippen molar-refractivity contribution < 1.29 is 9.59 Å². The second kappa shape index (κ2) is 7.28. The fourth-order valence-corrected chi connectivity index (χ4v) is 4.51. The van der Waals surface area contributed by atoms with Crippen LogP contribution in [0.2, 0.25) is 0 Å². The summed E-state index contributed by atoms with van der Waals surface area (Å²) < 4.78 is 5.03. The standard InChI is InChI=1S/C18H23N5O2S/c1-26-20-15-6-9-23(18(15)25)13-4-2-7-21(11-13)17(24)14-5-3-8-22-12-19-10-16(14)22/h3,5,8,10,12-13,15,20H,2,4,6-7,9,11H2,1H3/t13-,15?/m0/s1. The molecule has 2 amide bonds. The van der Waals surface area contributed by atoms with Crippen LogP contribution in [-0.2, 0) is 4.79 Å². The van der Waals surface area contributed by atoms with Gasteiger partial charge in [-0.25, -0.2) is 4.98 Å². The number of rotatable bonds is 4. The number of hydrogen-bond acceptors (Lipinski definition) is 5. The van der Waals surface area contributed by atoms with E-state index in [1.54, 1.807) is 12.5 Å². The first kappa shape index (κ1) is 17.4. The van der Waals surface area contributed by atoms with Crippen molar-refractivity contribution in [1.29, 1.82) is 0 Å². The Bertz CT molecular complexity index is 823. The van der Waals surface area contributed by atoms with Gasteiger partial charge in [-0.15, -0.1) is 0 Å². The minimum atomic E-state index is -0.100. The third kappa shape index (κ3) is 3.07. The smallest absolute Gasteiger partial charge is 0.256 e. The van der Waals surface area contributed by atoms with Gasteiger partial charge in [0.05, 0.1) is 29.6 Å². The number of carbonyl (C=O) groups excluding carboxylic acids is 2. The lowest BCUT2D eigenvalue weighted by molar-refractivity contribution is -0.131. The second-order valence-corrected chi connectivity index (χ2v) is 7.49. The fourth-order valence-electron chi connectivity index (χ4n) is 4.01. The molecule has 4 heterocycles. The van der Waals surface area contributed by atoms with Gasteiger partial charge in [0.15, 0.2) is 0 Å². The first-order valence-corrected chi connectivity index (χ1v) is 10.2. The van der Waals surface area contributed by atoms with Gasteiger partial charge in [0.1, 0.15) is 0 Å². The van der Waals surface area contributed by atoms with Crippen molar-refractivity contribution in [3.8, 4) is 0 Å². The molecule has 138 valence electrons. The largest absolute Gasteiger partial charge is 0.337 e. The first-order valence-electron chi connectivity index (χ1n) is 8.98. The molecule has 1 N–H and O–H groups in total. The molecular weight excluding hydrogens is 350 g/mol. The van der Waals surface area contributed by atoms with E-state index in [9.17, 15) is 9.59 Å². The molecule has 2 fully saturated rings. The van der Waals surface area contributed by atoms with Gasteiger partial charge in [-0.3, -0.25) is 14.3 Å². The molecular formula is C18H23N5O2S. The molecule has 2 aliphatic heterocycles. The van der Waals surface area contributed by atoms with E-state index in [-0.39, 0.29) is 23.9 Å². The van der Waals surface area contributed by atoms with Gasteiger partial charge >= 0.3 is 0 Å². The van der Waals surface area contributed by atoms with Crippen molar-refractivity contribution in [2.75, 3.05) is 25.9 Å². The Labute approximate surface area is 156 Å². The highest BCUT2D eigenvalue weighted by Gasteiger charge is 2.38. The highest BCUT2D eigenvalue weighted by molar-refractivity contribution is 7.96. The quantitative estimate of drug-likeness (QED) is 0.821. The monoisotopic (exact) mass is 373 g/mol. The summed E-state index contributed by atoms with van der Waals surface area (Å²) in [5.41, 5.74) is 1.49. The van der Waals surface area contributed by atoms with E-state index < -0.39 is 0 Å². The Morgan fingerprint density at radius 1 is 1.35 bits per heavy atom. The van der Waals surface area contributed by atoms with Crippen LogP contribution in [0.5, 0.6) is 0 Å². The minimum Gasteiger partial charge on any atom is -0.337 e. The van der Waals surface area contributed by atoms with E-state index in [2.05, 4.69) is 9.71 Å². The van der Waals surface area contributed by atoms with Gasteiger partial charge in [0, 0.05) is 31.9 Å². The zero-order valence-corrected chi connectivity index (χ0v) is 15.6. The molecule has 4 rings (SSSR count). The van der Waals surface area contributed by atoms with Crippen molar-refractivity contribution in [2.45, 2.75) is 31.3 Å². The Kier molecular flexibility index (Phi) is 4.86. The predicted octanol–water partition coefficient (Wildman–Crippen LogP) is 1.41. The average molecular weight is 373 g/mol. The summed E-state index contributed by atoms with van der Waals surface area (Å²) in [4.78, 5) is 33.7. The first-order chi connectivity index (χ1) is 12.7. The maximum atomic E-state index is 13.1. The summed E-state index contributed by atoms with van der Waals surface area (Å²) in [6.45, 7) is 2.10. The number of hydrogen-bond donors (Lipinski definition) is 1. The lowest BCUT2D eigenvalue weighted by Crippen LogP contribution is -2.51. The van der Waals surface area contributed by atoms with E-state index in [0.717, 1.165) is 37.9 Å². The van der Waals surface area contributed by atoms with Gasteiger partial charge in [-0.1, -0.05) is 11.9 Å². The van der Waals surface area contributed by atoms with Crippen LogP contribution in [0.15, 0.2) is 30.9 Å². The molecule has 0 spiro atoms. The SMILES string of the molecule is CSNC1CCN([C@H]2CCCN(C(=O)c3cccn4cncc34)C2)C1=O. The normalized spacial score (nSPS) is 23.8. The molecule has 0 aliphatic carbocycles. The van der Waals surface area contributed by atoms with Crippen molar-refractivity contribution in [3.05, 3.63) is 36.4 Å². The molecule has 26 heavy (non-hydrogen) atoms. The summed E-state index contributed by atoms with van der Waals surface area (Å²) in [7, 11) is 0. The Balaban J connectivity index is 1.49. The lowest BCUT2D eigenvalue weighted by Gasteiger charge is -2.37. The summed E-state index contributed by atoms with van der Waals surface area (Å²) in [6, 6.07) is 3.73. The lowest BCUT2D eigenvalue weighted by atomic mass is 10.0. The van der Waals surface area contributed by atoms with Crippen LogP contribution in [0, 0.1) is 0 Å². The molecule has 0 bridgehead atoms. The van der Waals surface area contributed by atoms with E-state index in [0.29, 0.717) is 12.1 Å². The van der Waals surface area contributed by atoms with E-state index in [1.165, 1.54) is 11.9 Å². The number of pyridine rings is 1. The number of amides is 2. The number of likely N-dealkylation sites (tertiary alicyclic amines) is 2. The van der Waals surface area contributed by atoms with Gasteiger partial charge in [-0.05, 0) is 37.7 Å². The maximum Gasteiger partial charge on any atom is 0.256 e. The van der Waals surface area contributed by atoms with E-state index >= 15 is 0 Å². The van der Waals surface area contributed by atoms with Crippen LogP contribution in [0.25, 0.3) is 5.52 Å². The molecule has 2 atom stereocenters. The number of carbonyl (C=O) groups is 2. The molecule has 2 aromatic heterocycles.